The molecule has 0 aliphatic rings. The highest BCUT2D eigenvalue weighted by atomic mass is 17.3. The number of carbonyl (C=O) groups is 2. The van der Waals surface area contributed by atoms with Gasteiger partial charge in [-0.15, -0.1) is 9.78 Å². The molecule has 4 rings (SSSR count). The van der Waals surface area contributed by atoms with E-state index < -0.39 is 11.9 Å². The van der Waals surface area contributed by atoms with E-state index in [9.17, 15) is 9.59 Å². The zero-order valence-corrected chi connectivity index (χ0v) is 25.1. The Morgan fingerprint density at radius 3 is 1.30 bits per heavy atom. The summed E-state index contributed by atoms with van der Waals surface area (Å²) in [6.07, 6.45) is 9.85. The topological polar surface area (TPSA) is 71.1 Å². The van der Waals surface area contributed by atoms with Crippen LogP contribution in [0.5, 0.6) is 0 Å². The minimum atomic E-state index is -0.686. The second-order valence-corrected chi connectivity index (χ2v) is 10.5. The summed E-state index contributed by atoms with van der Waals surface area (Å²) in [7, 11) is 0. The molecule has 0 unspecified atom stereocenters. The Labute approximate surface area is 260 Å². The van der Waals surface area contributed by atoms with Gasteiger partial charge in [0, 0.05) is 6.42 Å². The van der Waals surface area contributed by atoms with Gasteiger partial charge in [-0.2, -0.15) is 0 Å². The van der Waals surface area contributed by atoms with Crippen molar-refractivity contribution in [1.29, 1.82) is 0 Å². The molecule has 0 fully saturated rings. The molecule has 0 N–H and O–H groups in total. The molecule has 6 nitrogen and oxygen atoms in total. The molecular formula is C38H40O6. The zero-order valence-electron chi connectivity index (χ0n) is 25.1. The fraction of sp³-hybridized carbons (Fsp3) is 0.263. The Morgan fingerprint density at radius 2 is 0.841 bits per heavy atom. The number of hydrogen-bond donors (Lipinski definition) is 0. The number of unbranched alkanes of at least 4 members (excludes halogenated alkanes) is 8. The second-order valence-electron chi connectivity index (χ2n) is 10.5. The summed E-state index contributed by atoms with van der Waals surface area (Å²) in [4.78, 5) is 47.4. The predicted octanol–water partition coefficient (Wildman–Crippen LogP) is 10.1. The van der Waals surface area contributed by atoms with Crippen molar-refractivity contribution < 1.29 is 29.1 Å². The van der Waals surface area contributed by atoms with Gasteiger partial charge in [-0.05, 0) is 40.8 Å². The summed E-state index contributed by atoms with van der Waals surface area (Å²) in [5.74, 6) is -1.37. The van der Waals surface area contributed by atoms with E-state index in [4.69, 9.17) is 19.6 Å². The molecule has 0 bridgehead atoms. The van der Waals surface area contributed by atoms with Gasteiger partial charge in [-0.3, -0.25) is 9.78 Å². The van der Waals surface area contributed by atoms with Crippen LogP contribution in [0.15, 0.2) is 109 Å². The summed E-state index contributed by atoms with van der Waals surface area (Å²) >= 11 is 0. The van der Waals surface area contributed by atoms with Crippen LogP contribution in [0.3, 0.4) is 0 Å². The number of benzene rings is 4. The molecule has 4 aromatic carbocycles. The molecule has 0 saturated heterocycles. The van der Waals surface area contributed by atoms with E-state index in [1.807, 2.05) is 84.9 Å². The molecular weight excluding hydrogens is 552 g/mol. The molecule has 0 aliphatic carbocycles. The van der Waals surface area contributed by atoms with Crippen LogP contribution in [0.2, 0.25) is 0 Å². The highest BCUT2D eigenvalue weighted by Gasteiger charge is 2.24. The lowest BCUT2D eigenvalue weighted by atomic mass is 10.00. The molecule has 4 aromatic rings. The van der Waals surface area contributed by atoms with E-state index in [1.54, 1.807) is 24.3 Å². The van der Waals surface area contributed by atoms with Crippen molar-refractivity contribution in [3.63, 3.8) is 0 Å². The van der Waals surface area contributed by atoms with Crippen molar-refractivity contribution >= 4 is 11.9 Å². The van der Waals surface area contributed by atoms with Gasteiger partial charge in [0.1, 0.15) is 0 Å². The average molecular weight is 593 g/mol. The molecule has 0 heterocycles. The monoisotopic (exact) mass is 592 g/mol. The van der Waals surface area contributed by atoms with E-state index in [2.05, 4.69) is 6.92 Å². The van der Waals surface area contributed by atoms with E-state index in [-0.39, 0.29) is 6.29 Å². The fourth-order valence-electron chi connectivity index (χ4n) is 4.92. The van der Waals surface area contributed by atoms with Crippen LogP contribution in [0, 0.1) is 13.2 Å². The molecule has 0 aromatic heterocycles. The van der Waals surface area contributed by atoms with Gasteiger partial charge in [0.2, 0.25) is 0 Å². The van der Waals surface area contributed by atoms with Gasteiger partial charge < -0.3 is 0 Å². The first-order valence-corrected chi connectivity index (χ1v) is 15.4. The van der Waals surface area contributed by atoms with Gasteiger partial charge in [-0.1, -0.05) is 155 Å². The number of carbonyl (C=O) groups excluding carboxylic acids is 2. The lowest BCUT2D eigenvalue weighted by molar-refractivity contribution is -0.363. The fourth-order valence-corrected chi connectivity index (χ4v) is 4.92. The minimum Gasteiger partial charge on any atom is -0.289 e. The van der Waals surface area contributed by atoms with Crippen LogP contribution >= 0.6 is 0 Å². The van der Waals surface area contributed by atoms with E-state index in [0.29, 0.717) is 35.1 Å². The van der Waals surface area contributed by atoms with Crippen LogP contribution in [-0.2, 0) is 19.6 Å². The molecule has 0 amide bonds. The molecule has 6 heteroatoms. The maximum atomic E-state index is 13.1. The van der Waals surface area contributed by atoms with E-state index in [1.165, 1.54) is 25.7 Å². The van der Waals surface area contributed by atoms with Gasteiger partial charge in [0.05, 0.1) is 11.1 Å². The van der Waals surface area contributed by atoms with Crippen LogP contribution < -0.4 is 0 Å². The quantitative estimate of drug-likeness (QED) is 0.0650. The Hall–Kier alpha value is -4.26. The first-order chi connectivity index (χ1) is 21.7. The molecule has 44 heavy (non-hydrogen) atoms. The molecule has 2 radical (unpaired) electrons. The van der Waals surface area contributed by atoms with Crippen molar-refractivity contribution in [2.45, 2.75) is 64.2 Å². The number of rotatable bonds is 18. The summed E-state index contributed by atoms with van der Waals surface area (Å²) in [5.41, 5.74) is 3.85. The van der Waals surface area contributed by atoms with E-state index >= 15 is 0 Å². The van der Waals surface area contributed by atoms with Crippen LogP contribution in [0.25, 0.3) is 22.3 Å². The lowest BCUT2D eigenvalue weighted by Crippen LogP contribution is -2.17. The molecule has 0 saturated carbocycles. The summed E-state index contributed by atoms with van der Waals surface area (Å²) < 4.78 is 0. The summed E-state index contributed by atoms with van der Waals surface area (Å²) in [6.45, 7) is 3.89. The van der Waals surface area contributed by atoms with Gasteiger partial charge >= 0.3 is 18.2 Å². The number of hydrogen-bond acceptors (Lipinski definition) is 6. The Kier molecular flexibility index (Phi) is 13.7. The third kappa shape index (κ3) is 10.2. The normalized spacial score (nSPS) is 11.0. The predicted molar refractivity (Wildman–Crippen MR) is 172 cm³/mol. The van der Waals surface area contributed by atoms with Gasteiger partial charge in [0.15, 0.2) is 0 Å². The van der Waals surface area contributed by atoms with Crippen molar-refractivity contribution in [3.05, 3.63) is 134 Å². The minimum absolute atomic E-state index is 0.100. The summed E-state index contributed by atoms with van der Waals surface area (Å²) in [5, 5.41) is 0. The van der Waals surface area contributed by atoms with Gasteiger partial charge in [-0.25, -0.2) is 9.59 Å². The van der Waals surface area contributed by atoms with Crippen molar-refractivity contribution in [2.75, 3.05) is 0 Å². The smallest absolute Gasteiger partial charge is 0.289 e. The first kappa shape index (κ1) is 32.6. The Balaban J connectivity index is 1.37. The average Bonchev–Trinajstić information content (AvgIpc) is 3.08. The molecule has 0 spiro atoms. The highest BCUT2D eigenvalue weighted by molar-refractivity contribution is 5.97. The maximum absolute atomic E-state index is 13.1. The zero-order chi connectivity index (χ0) is 30.8. The van der Waals surface area contributed by atoms with Crippen LogP contribution in [0.1, 0.15) is 84.9 Å². The van der Waals surface area contributed by atoms with Crippen molar-refractivity contribution in [1.82, 2.24) is 0 Å². The molecule has 228 valence electrons. The third-order valence-corrected chi connectivity index (χ3v) is 7.27. The third-order valence-electron chi connectivity index (χ3n) is 7.27. The molecule has 0 aliphatic heterocycles. The SMILES string of the molecule is [CH2]CCCCCCCCCC[C](OOC(=O)c1ccccc1-c1ccccc1)OOC(=O)c1ccccc1-c1ccccc1. The summed E-state index contributed by atoms with van der Waals surface area (Å²) in [6, 6.07) is 33.4. The standard InChI is InChI=1S/C38H40O6/c1-2-3-4-5-6-7-8-9-16-29-36(41-43-37(39)34-27-19-17-25-32(34)30-21-12-10-13-22-30)42-44-38(40)35-28-20-18-26-33(35)31-23-14-11-15-24-31/h10-15,17-28H,1-9,16,29H2. The molecule has 0 atom stereocenters. The van der Waals surface area contributed by atoms with Crippen LogP contribution in [-0.4, -0.2) is 11.9 Å². The maximum Gasteiger partial charge on any atom is 0.373 e. The Morgan fingerprint density at radius 1 is 0.455 bits per heavy atom. The first-order valence-electron chi connectivity index (χ1n) is 15.4. The lowest BCUT2D eigenvalue weighted by Gasteiger charge is -2.15. The second kappa shape index (κ2) is 18.4. The van der Waals surface area contributed by atoms with Gasteiger partial charge in [0.25, 0.3) is 0 Å². The van der Waals surface area contributed by atoms with E-state index in [0.717, 1.165) is 36.8 Å². The van der Waals surface area contributed by atoms with Crippen molar-refractivity contribution in [2.24, 2.45) is 0 Å². The largest absolute Gasteiger partial charge is 0.373 e. The van der Waals surface area contributed by atoms with Crippen molar-refractivity contribution in [3.8, 4) is 22.3 Å². The highest BCUT2D eigenvalue weighted by Crippen LogP contribution is 2.27. The van der Waals surface area contributed by atoms with Crippen LogP contribution in [0.4, 0.5) is 0 Å². The Bertz CT molecular complexity index is 1320.